The summed E-state index contributed by atoms with van der Waals surface area (Å²) in [4.78, 5) is 21.8. The minimum atomic E-state index is -0.0297. The van der Waals surface area contributed by atoms with Gasteiger partial charge < -0.3 is 4.98 Å². The number of hydrogen-bond donors (Lipinski definition) is 1. The Kier molecular flexibility index (Phi) is 4.04. The SMILES string of the molecule is Cc1ccc(C2=CCN(Cc3nc4ccsc4c(=O)[nH]3)CC2)cc1. The molecule has 0 saturated heterocycles. The van der Waals surface area contributed by atoms with Crippen LogP contribution in [0.3, 0.4) is 0 Å². The summed E-state index contributed by atoms with van der Waals surface area (Å²) in [6.07, 6.45) is 3.31. The molecular weight excluding hydrogens is 318 g/mol. The Morgan fingerprint density at radius 1 is 1.25 bits per heavy atom. The van der Waals surface area contributed by atoms with Crippen molar-refractivity contribution in [1.82, 2.24) is 14.9 Å². The monoisotopic (exact) mass is 337 g/mol. The minimum absolute atomic E-state index is 0.0297. The van der Waals surface area contributed by atoms with Crippen molar-refractivity contribution in [2.24, 2.45) is 0 Å². The van der Waals surface area contributed by atoms with E-state index in [-0.39, 0.29) is 5.56 Å². The number of aromatic nitrogens is 2. The number of thiophene rings is 1. The van der Waals surface area contributed by atoms with Gasteiger partial charge in [-0.05, 0) is 35.9 Å². The highest BCUT2D eigenvalue weighted by atomic mass is 32.1. The molecule has 3 heterocycles. The summed E-state index contributed by atoms with van der Waals surface area (Å²) >= 11 is 1.44. The van der Waals surface area contributed by atoms with Gasteiger partial charge in [0.05, 0.1) is 12.1 Å². The van der Waals surface area contributed by atoms with Crippen molar-refractivity contribution in [3.63, 3.8) is 0 Å². The van der Waals surface area contributed by atoms with Crippen LogP contribution in [0.15, 0.2) is 46.6 Å². The second-order valence-electron chi connectivity index (χ2n) is 6.23. The van der Waals surface area contributed by atoms with Crippen LogP contribution >= 0.6 is 11.3 Å². The predicted octanol–water partition coefficient (Wildman–Crippen LogP) is 3.58. The number of aromatic amines is 1. The largest absolute Gasteiger partial charge is 0.308 e. The fourth-order valence-corrected chi connectivity index (χ4v) is 3.82. The molecule has 3 aromatic rings. The second kappa shape index (κ2) is 6.34. The maximum atomic E-state index is 12.1. The lowest BCUT2D eigenvalue weighted by Gasteiger charge is -2.26. The van der Waals surface area contributed by atoms with Gasteiger partial charge >= 0.3 is 0 Å². The quantitative estimate of drug-likeness (QED) is 0.795. The Labute approximate surface area is 144 Å². The molecule has 0 amide bonds. The van der Waals surface area contributed by atoms with Gasteiger partial charge in [0.2, 0.25) is 0 Å². The van der Waals surface area contributed by atoms with Gasteiger partial charge in [0.15, 0.2) is 0 Å². The lowest BCUT2D eigenvalue weighted by molar-refractivity contribution is 0.286. The van der Waals surface area contributed by atoms with E-state index in [0.717, 1.165) is 30.9 Å². The molecule has 4 rings (SSSR count). The van der Waals surface area contributed by atoms with E-state index in [4.69, 9.17) is 0 Å². The summed E-state index contributed by atoms with van der Waals surface area (Å²) < 4.78 is 0.707. The molecule has 0 saturated carbocycles. The number of nitrogens with one attached hydrogen (secondary N) is 1. The molecule has 1 aromatic carbocycles. The molecule has 0 fully saturated rings. The Bertz CT molecular complexity index is 953. The van der Waals surface area contributed by atoms with E-state index in [0.29, 0.717) is 11.2 Å². The third-order valence-corrected chi connectivity index (χ3v) is 5.36. The Morgan fingerprint density at radius 2 is 2.08 bits per heavy atom. The molecule has 1 aliphatic rings. The highest BCUT2D eigenvalue weighted by Crippen LogP contribution is 2.23. The van der Waals surface area contributed by atoms with Crippen molar-refractivity contribution < 1.29 is 0 Å². The fraction of sp³-hybridized carbons (Fsp3) is 0.263. The Hall–Kier alpha value is -2.24. The summed E-state index contributed by atoms with van der Waals surface area (Å²) in [5, 5.41) is 1.91. The van der Waals surface area contributed by atoms with Crippen LogP contribution in [0.1, 0.15) is 23.4 Å². The summed E-state index contributed by atoms with van der Waals surface area (Å²) in [6, 6.07) is 10.6. The zero-order valence-electron chi connectivity index (χ0n) is 13.6. The second-order valence-corrected chi connectivity index (χ2v) is 7.14. The van der Waals surface area contributed by atoms with Crippen LogP contribution in [0, 0.1) is 6.92 Å². The standard InChI is InChI=1S/C19H19N3OS/c1-13-2-4-14(5-3-13)15-6-9-22(10-7-15)12-17-20-16-8-11-24-18(16)19(23)21-17/h2-6,8,11H,7,9-10,12H2,1H3,(H,20,21,23). The van der Waals surface area contributed by atoms with Gasteiger partial charge in [0.25, 0.3) is 5.56 Å². The molecule has 1 N–H and O–H groups in total. The Morgan fingerprint density at radius 3 is 2.83 bits per heavy atom. The number of fused-ring (bicyclic) bond motifs is 1. The highest BCUT2D eigenvalue weighted by Gasteiger charge is 2.15. The first-order valence-electron chi connectivity index (χ1n) is 8.14. The van der Waals surface area contributed by atoms with Crippen LogP contribution in [0.4, 0.5) is 0 Å². The number of nitrogens with zero attached hydrogens (tertiary/aromatic N) is 2. The van der Waals surface area contributed by atoms with Gasteiger partial charge in [-0.2, -0.15) is 0 Å². The maximum Gasteiger partial charge on any atom is 0.268 e. The molecule has 0 radical (unpaired) electrons. The molecule has 0 unspecified atom stereocenters. The van der Waals surface area contributed by atoms with Gasteiger partial charge in [-0.1, -0.05) is 35.9 Å². The first-order valence-corrected chi connectivity index (χ1v) is 9.02. The number of H-pyrrole nitrogens is 1. The van der Waals surface area contributed by atoms with Crippen molar-refractivity contribution in [3.8, 4) is 0 Å². The smallest absolute Gasteiger partial charge is 0.268 e. The third kappa shape index (κ3) is 3.05. The van der Waals surface area contributed by atoms with Crippen LogP contribution in [-0.4, -0.2) is 28.0 Å². The molecule has 0 bridgehead atoms. The number of rotatable bonds is 3. The lowest BCUT2D eigenvalue weighted by atomic mass is 9.98. The minimum Gasteiger partial charge on any atom is -0.308 e. The van der Waals surface area contributed by atoms with E-state index in [1.165, 1.54) is 28.0 Å². The molecule has 0 aliphatic carbocycles. The number of aryl methyl sites for hydroxylation is 1. The van der Waals surface area contributed by atoms with Gasteiger partial charge in [-0.25, -0.2) is 4.98 Å². The summed E-state index contributed by atoms with van der Waals surface area (Å²) in [5.41, 5.74) is 4.77. The van der Waals surface area contributed by atoms with Crippen molar-refractivity contribution in [3.05, 3.63) is 69.1 Å². The van der Waals surface area contributed by atoms with E-state index in [1.54, 1.807) is 0 Å². The van der Waals surface area contributed by atoms with Gasteiger partial charge in [-0.15, -0.1) is 11.3 Å². The summed E-state index contributed by atoms with van der Waals surface area (Å²) in [5.74, 6) is 0.748. The first-order chi connectivity index (χ1) is 11.7. The van der Waals surface area contributed by atoms with Crippen LogP contribution < -0.4 is 5.56 Å². The van der Waals surface area contributed by atoms with Crippen molar-refractivity contribution in [2.75, 3.05) is 13.1 Å². The van der Waals surface area contributed by atoms with E-state index in [1.807, 2.05) is 11.4 Å². The zero-order valence-corrected chi connectivity index (χ0v) is 14.4. The topological polar surface area (TPSA) is 49.0 Å². The van der Waals surface area contributed by atoms with E-state index < -0.39 is 0 Å². The van der Waals surface area contributed by atoms with Crippen LogP contribution in [0.5, 0.6) is 0 Å². The van der Waals surface area contributed by atoms with Crippen LogP contribution in [-0.2, 0) is 6.54 Å². The Balaban J connectivity index is 1.48. The third-order valence-electron chi connectivity index (χ3n) is 4.45. The molecule has 24 heavy (non-hydrogen) atoms. The first kappa shape index (κ1) is 15.3. The normalized spacial score (nSPS) is 15.6. The summed E-state index contributed by atoms with van der Waals surface area (Å²) in [7, 11) is 0. The molecule has 0 atom stereocenters. The molecule has 4 nitrogen and oxygen atoms in total. The van der Waals surface area contributed by atoms with Gasteiger partial charge in [-0.3, -0.25) is 9.69 Å². The molecule has 1 aliphatic heterocycles. The maximum absolute atomic E-state index is 12.1. The summed E-state index contributed by atoms with van der Waals surface area (Å²) in [6.45, 7) is 4.65. The van der Waals surface area contributed by atoms with Gasteiger partial charge in [0.1, 0.15) is 10.5 Å². The lowest BCUT2D eigenvalue weighted by Crippen LogP contribution is -2.29. The van der Waals surface area contributed by atoms with E-state index >= 15 is 0 Å². The highest BCUT2D eigenvalue weighted by molar-refractivity contribution is 7.17. The molecular formula is C19H19N3OS. The van der Waals surface area contributed by atoms with Crippen molar-refractivity contribution >= 4 is 27.1 Å². The van der Waals surface area contributed by atoms with Crippen LogP contribution in [0.25, 0.3) is 15.8 Å². The van der Waals surface area contributed by atoms with Crippen molar-refractivity contribution in [2.45, 2.75) is 19.9 Å². The number of hydrogen-bond acceptors (Lipinski definition) is 4. The average Bonchev–Trinajstić information content (AvgIpc) is 3.05. The van der Waals surface area contributed by atoms with Crippen molar-refractivity contribution in [1.29, 1.82) is 0 Å². The van der Waals surface area contributed by atoms with E-state index in [9.17, 15) is 4.79 Å². The molecule has 122 valence electrons. The molecule has 2 aromatic heterocycles. The predicted molar refractivity (Wildman–Crippen MR) is 99.3 cm³/mol. The fourth-order valence-electron chi connectivity index (χ4n) is 3.09. The molecule has 5 heteroatoms. The zero-order chi connectivity index (χ0) is 16.5. The average molecular weight is 337 g/mol. The van der Waals surface area contributed by atoms with Gasteiger partial charge in [0, 0.05) is 13.1 Å². The van der Waals surface area contributed by atoms with E-state index in [2.05, 4.69) is 52.1 Å². The number of benzene rings is 1. The van der Waals surface area contributed by atoms with Crippen LogP contribution in [0.2, 0.25) is 0 Å². The molecule has 0 spiro atoms.